The van der Waals surface area contributed by atoms with Gasteiger partial charge in [-0.05, 0) is 37.8 Å². The van der Waals surface area contributed by atoms with Gasteiger partial charge < -0.3 is 10.2 Å². The van der Waals surface area contributed by atoms with Crippen molar-refractivity contribution in [3.05, 3.63) is 23.9 Å². The zero-order chi connectivity index (χ0) is 13.1. The second-order valence-electron chi connectivity index (χ2n) is 5.02. The maximum absolute atomic E-state index is 12.5. The van der Waals surface area contributed by atoms with Crippen molar-refractivity contribution in [1.29, 1.82) is 0 Å². The largest absolute Gasteiger partial charge is 0.373 e. The molecule has 0 aliphatic carbocycles. The van der Waals surface area contributed by atoms with Crippen LogP contribution in [0.3, 0.4) is 0 Å². The van der Waals surface area contributed by atoms with E-state index < -0.39 is 0 Å². The summed E-state index contributed by atoms with van der Waals surface area (Å²) >= 11 is 0. The molecule has 0 spiro atoms. The summed E-state index contributed by atoms with van der Waals surface area (Å²) in [5.41, 5.74) is 0.530. The highest BCUT2D eigenvalue weighted by Gasteiger charge is 2.29. The predicted octanol–water partition coefficient (Wildman–Crippen LogP) is 2.38. The number of nitrogens with one attached hydrogen (secondary N) is 1. The lowest BCUT2D eigenvalue weighted by Crippen LogP contribution is -2.46. The van der Waals surface area contributed by atoms with Crippen molar-refractivity contribution in [2.75, 3.05) is 18.9 Å². The van der Waals surface area contributed by atoms with Gasteiger partial charge in [-0.25, -0.2) is 4.98 Å². The summed E-state index contributed by atoms with van der Waals surface area (Å²) < 4.78 is 0. The smallest absolute Gasteiger partial charge is 0.272 e. The Balaban J connectivity index is 2.19. The highest BCUT2D eigenvalue weighted by atomic mass is 16.2. The first-order chi connectivity index (χ1) is 8.63. The number of carbonyl (C=O) groups is 1. The number of anilines is 1. The molecule has 2 heterocycles. The molecule has 2 unspecified atom stereocenters. The lowest BCUT2D eigenvalue weighted by molar-refractivity contribution is 0.0545. The number of rotatable bonds is 2. The van der Waals surface area contributed by atoms with Crippen molar-refractivity contribution in [3.63, 3.8) is 0 Å². The maximum Gasteiger partial charge on any atom is 0.272 e. The molecule has 1 saturated heterocycles. The molecule has 18 heavy (non-hydrogen) atoms. The van der Waals surface area contributed by atoms with Gasteiger partial charge in [0.05, 0.1) is 0 Å². The number of pyridine rings is 1. The summed E-state index contributed by atoms with van der Waals surface area (Å²) in [4.78, 5) is 18.7. The Kier molecular flexibility index (Phi) is 3.84. The summed E-state index contributed by atoms with van der Waals surface area (Å²) in [6.07, 6.45) is 2.29. The van der Waals surface area contributed by atoms with Crippen molar-refractivity contribution >= 4 is 11.7 Å². The van der Waals surface area contributed by atoms with Gasteiger partial charge in [0.1, 0.15) is 11.5 Å². The van der Waals surface area contributed by atoms with Gasteiger partial charge in [-0.3, -0.25) is 4.79 Å². The van der Waals surface area contributed by atoms with Crippen LogP contribution in [0.5, 0.6) is 0 Å². The van der Waals surface area contributed by atoms with Crippen LogP contribution in [-0.2, 0) is 0 Å². The normalized spacial score (nSPS) is 23.8. The Hall–Kier alpha value is -1.58. The van der Waals surface area contributed by atoms with Crippen molar-refractivity contribution < 1.29 is 4.79 Å². The van der Waals surface area contributed by atoms with Gasteiger partial charge in [0.25, 0.3) is 5.91 Å². The first kappa shape index (κ1) is 12.9. The van der Waals surface area contributed by atoms with Gasteiger partial charge in [0, 0.05) is 19.6 Å². The van der Waals surface area contributed by atoms with Crippen LogP contribution in [0.25, 0.3) is 0 Å². The number of likely N-dealkylation sites (tertiary alicyclic amines) is 1. The Morgan fingerprint density at radius 1 is 1.44 bits per heavy atom. The Bertz CT molecular complexity index is 433. The number of aromatic nitrogens is 1. The quantitative estimate of drug-likeness (QED) is 0.872. The fourth-order valence-corrected chi connectivity index (χ4v) is 2.46. The summed E-state index contributed by atoms with van der Waals surface area (Å²) in [5.74, 6) is 1.35. The number of hydrogen-bond acceptors (Lipinski definition) is 3. The van der Waals surface area contributed by atoms with E-state index in [-0.39, 0.29) is 5.91 Å². The third-order valence-corrected chi connectivity index (χ3v) is 3.86. The van der Waals surface area contributed by atoms with Crippen LogP contribution >= 0.6 is 0 Å². The molecule has 4 nitrogen and oxygen atoms in total. The van der Waals surface area contributed by atoms with Crippen molar-refractivity contribution in [3.8, 4) is 0 Å². The average molecular weight is 247 g/mol. The number of piperidine rings is 1. The predicted molar refractivity (Wildman–Crippen MR) is 72.7 cm³/mol. The molecule has 1 aromatic heterocycles. The van der Waals surface area contributed by atoms with E-state index in [2.05, 4.69) is 24.1 Å². The third-order valence-electron chi connectivity index (χ3n) is 3.86. The van der Waals surface area contributed by atoms with Crippen LogP contribution in [0, 0.1) is 5.92 Å². The molecule has 0 aromatic carbocycles. The maximum atomic E-state index is 12.5. The van der Waals surface area contributed by atoms with E-state index in [1.165, 1.54) is 6.42 Å². The summed E-state index contributed by atoms with van der Waals surface area (Å²) in [5, 5.41) is 2.96. The first-order valence-corrected chi connectivity index (χ1v) is 6.59. The van der Waals surface area contributed by atoms with E-state index in [9.17, 15) is 4.79 Å². The molecular weight excluding hydrogens is 226 g/mol. The zero-order valence-corrected chi connectivity index (χ0v) is 11.3. The van der Waals surface area contributed by atoms with Gasteiger partial charge in [0.15, 0.2) is 0 Å². The molecule has 4 heteroatoms. The zero-order valence-electron chi connectivity index (χ0n) is 11.3. The van der Waals surface area contributed by atoms with E-state index in [0.29, 0.717) is 17.7 Å². The fourth-order valence-electron chi connectivity index (χ4n) is 2.46. The topological polar surface area (TPSA) is 45.2 Å². The molecule has 1 aliphatic heterocycles. The molecular formula is C14H21N3O. The molecule has 1 aromatic rings. The van der Waals surface area contributed by atoms with Crippen LogP contribution in [0.1, 0.15) is 37.2 Å². The molecule has 0 saturated carbocycles. The summed E-state index contributed by atoms with van der Waals surface area (Å²) in [6.45, 7) is 5.18. The Morgan fingerprint density at radius 3 is 2.94 bits per heavy atom. The monoisotopic (exact) mass is 247 g/mol. The van der Waals surface area contributed by atoms with Gasteiger partial charge in [0.2, 0.25) is 0 Å². The second-order valence-corrected chi connectivity index (χ2v) is 5.02. The van der Waals surface area contributed by atoms with Gasteiger partial charge in [-0.2, -0.15) is 0 Å². The van der Waals surface area contributed by atoms with Crippen molar-refractivity contribution in [1.82, 2.24) is 9.88 Å². The minimum atomic E-state index is 0.0474. The molecule has 1 amide bonds. The minimum absolute atomic E-state index is 0.0474. The first-order valence-electron chi connectivity index (χ1n) is 6.59. The highest BCUT2D eigenvalue weighted by molar-refractivity contribution is 5.93. The van der Waals surface area contributed by atoms with Gasteiger partial charge in [-0.15, -0.1) is 0 Å². The molecule has 0 radical (unpaired) electrons. The number of amides is 1. The van der Waals surface area contributed by atoms with E-state index in [4.69, 9.17) is 0 Å². The SMILES string of the molecule is CNc1cccc(C(=O)N2CCCC(C)C2C)n1. The van der Waals surface area contributed by atoms with Gasteiger partial charge in [-0.1, -0.05) is 13.0 Å². The Labute approximate surface area is 108 Å². The van der Waals surface area contributed by atoms with Gasteiger partial charge >= 0.3 is 0 Å². The molecule has 1 aliphatic rings. The number of carbonyl (C=O) groups excluding carboxylic acids is 1. The van der Waals surface area contributed by atoms with E-state index in [0.717, 1.165) is 18.8 Å². The van der Waals surface area contributed by atoms with E-state index in [1.54, 1.807) is 6.07 Å². The standard InChI is InChI=1S/C14H21N3O/c1-10-6-5-9-17(11(10)2)14(18)12-7-4-8-13(15-3)16-12/h4,7-8,10-11H,5-6,9H2,1-3H3,(H,15,16). The third kappa shape index (κ3) is 2.47. The van der Waals surface area contributed by atoms with Crippen molar-refractivity contribution in [2.45, 2.75) is 32.7 Å². The Morgan fingerprint density at radius 2 is 2.22 bits per heavy atom. The fraction of sp³-hybridized carbons (Fsp3) is 0.571. The molecule has 1 N–H and O–H groups in total. The molecule has 1 fully saturated rings. The molecule has 98 valence electrons. The molecule has 2 atom stereocenters. The second kappa shape index (κ2) is 5.38. The van der Waals surface area contributed by atoms with Crippen LogP contribution in [0.4, 0.5) is 5.82 Å². The number of hydrogen-bond donors (Lipinski definition) is 1. The van der Waals surface area contributed by atoms with Crippen LogP contribution in [0.15, 0.2) is 18.2 Å². The van der Waals surface area contributed by atoms with E-state index >= 15 is 0 Å². The summed E-state index contributed by atoms with van der Waals surface area (Å²) in [7, 11) is 1.81. The van der Waals surface area contributed by atoms with Crippen LogP contribution < -0.4 is 5.32 Å². The van der Waals surface area contributed by atoms with E-state index in [1.807, 2.05) is 24.1 Å². The average Bonchev–Trinajstić information content (AvgIpc) is 2.41. The molecule has 2 rings (SSSR count). The lowest BCUT2D eigenvalue weighted by Gasteiger charge is -2.37. The summed E-state index contributed by atoms with van der Waals surface area (Å²) in [6, 6.07) is 5.81. The molecule has 0 bridgehead atoms. The van der Waals surface area contributed by atoms with Crippen LogP contribution in [-0.4, -0.2) is 35.4 Å². The number of nitrogens with zero attached hydrogens (tertiary/aromatic N) is 2. The lowest BCUT2D eigenvalue weighted by atomic mass is 9.92. The van der Waals surface area contributed by atoms with Crippen molar-refractivity contribution in [2.24, 2.45) is 5.92 Å². The highest BCUT2D eigenvalue weighted by Crippen LogP contribution is 2.24. The minimum Gasteiger partial charge on any atom is -0.373 e. The van der Waals surface area contributed by atoms with Crippen LogP contribution in [0.2, 0.25) is 0 Å².